The number of nitrogens with zero attached hydrogens (tertiary/aromatic N) is 4. The fourth-order valence-electron chi connectivity index (χ4n) is 3.78. The normalized spacial score (nSPS) is 20.7. The summed E-state index contributed by atoms with van der Waals surface area (Å²) in [5.74, 6) is -0.901. The molecule has 2 amide bonds. The Morgan fingerprint density at radius 1 is 1.33 bits per heavy atom. The van der Waals surface area contributed by atoms with E-state index in [1.807, 2.05) is 0 Å². The predicted octanol–water partition coefficient (Wildman–Crippen LogP) is 1.33. The van der Waals surface area contributed by atoms with Crippen LogP contribution in [0.1, 0.15) is 30.7 Å². The number of anilines is 1. The van der Waals surface area contributed by atoms with Crippen LogP contribution in [0.5, 0.6) is 0 Å². The molecule has 1 aromatic heterocycles. The maximum Gasteiger partial charge on any atom is 0.393 e. The van der Waals surface area contributed by atoms with Crippen LogP contribution in [0.3, 0.4) is 0 Å². The molecule has 0 bridgehead atoms. The van der Waals surface area contributed by atoms with Crippen LogP contribution >= 0.6 is 0 Å². The molecule has 2 unspecified atom stereocenters. The lowest BCUT2D eigenvalue weighted by atomic mass is 9.93. The number of halogens is 3. The monoisotopic (exact) mass is 429 g/mol. The van der Waals surface area contributed by atoms with Gasteiger partial charge in [-0.3, -0.25) is 9.59 Å². The lowest BCUT2D eigenvalue weighted by Gasteiger charge is -2.39. The zero-order valence-corrected chi connectivity index (χ0v) is 16.8. The molecule has 2 aliphatic rings. The van der Waals surface area contributed by atoms with Crippen molar-refractivity contribution in [2.75, 3.05) is 44.8 Å². The standard InChI is InChI=1S/C19H26F3N5O3/c1-30-11-16(25-12-28)2-3-17(29)27-8-14(9-27)13-6-23-18(24-7-13)26-5-4-15(10-26)19(20,21)22/h6-7,12,14-16H,2-5,8-11H2,1H3,(H,25,28). The van der Waals surface area contributed by atoms with Crippen LogP contribution in [0.25, 0.3) is 0 Å². The Kier molecular flexibility index (Phi) is 7.11. The third-order valence-corrected chi connectivity index (χ3v) is 5.68. The van der Waals surface area contributed by atoms with Crippen molar-refractivity contribution >= 4 is 18.3 Å². The fourth-order valence-corrected chi connectivity index (χ4v) is 3.78. The molecule has 2 fully saturated rings. The number of methoxy groups -OCH3 is 1. The highest BCUT2D eigenvalue weighted by Crippen LogP contribution is 2.35. The molecule has 2 saturated heterocycles. The minimum Gasteiger partial charge on any atom is -0.383 e. The van der Waals surface area contributed by atoms with Gasteiger partial charge in [-0.2, -0.15) is 13.2 Å². The van der Waals surface area contributed by atoms with Gasteiger partial charge in [0.15, 0.2) is 0 Å². The molecule has 0 aliphatic carbocycles. The highest BCUT2D eigenvalue weighted by molar-refractivity contribution is 5.77. The van der Waals surface area contributed by atoms with E-state index in [0.717, 1.165) is 5.56 Å². The van der Waals surface area contributed by atoms with Gasteiger partial charge in [0.25, 0.3) is 0 Å². The largest absolute Gasteiger partial charge is 0.393 e. The third kappa shape index (κ3) is 5.38. The summed E-state index contributed by atoms with van der Waals surface area (Å²) in [5.41, 5.74) is 0.870. The first-order valence-corrected chi connectivity index (χ1v) is 9.91. The van der Waals surface area contributed by atoms with Gasteiger partial charge in [-0.15, -0.1) is 0 Å². The quantitative estimate of drug-likeness (QED) is 0.596. The number of alkyl halides is 3. The SMILES string of the molecule is COCC(CCC(=O)N1CC(c2cnc(N3CCC(C(F)(F)F)C3)nc2)C1)NC=O. The van der Waals surface area contributed by atoms with Gasteiger partial charge in [-0.1, -0.05) is 0 Å². The summed E-state index contributed by atoms with van der Waals surface area (Å²) in [7, 11) is 1.53. The summed E-state index contributed by atoms with van der Waals surface area (Å²) in [5, 5.41) is 2.63. The Morgan fingerprint density at radius 2 is 2.03 bits per heavy atom. The van der Waals surface area contributed by atoms with Gasteiger partial charge in [0.1, 0.15) is 0 Å². The van der Waals surface area contributed by atoms with E-state index in [9.17, 15) is 22.8 Å². The van der Waals surface area contributed by atoms with E-state index >= 15 is 0 Å². The number of likely N-dealkylation sites (tertiary alicyclic amines) is 1. The molecular formula is C19H26F3N5O3. The van der Waals surface area contributed by atoms with Crippen molar-refractivity contribution in [3.63, 3.8) is 0 Å². The maximum atomic E-state index is 12.8. The van der Waals surface area contributed by atoms with E-state index in [1.165, 1.54) is 7.11 Å². The van der Waals surface area contributed by atoms with Gasteiger partial charge in [0.05, 0.1) is 18.6 Å². The topological polar surface area (TPSA) is 87.7 Å². The van der Waals surface area contributed by atoms with Gasteiger partial charge in [0, 0.05) is 58.0 Å². The molecule has 166 valence electrons. The molecule has 2 atom stereocenters. The van der Waals surface area contributed by atoms with Crippen LogP contribution in [0.15, 0.2) is 12.4 Å². The van der Waals surface area contributed by atoms with Crippen molar-refractivity contribution in [2.45, 2.75) is 37.4 Å². The molecule has 30 heavy (non-hydrogen) atoms. The van der Waals surface area contributed by atoms with Gasteiger partial charge in [-0.25, -0.2) is 9.97 Å². The second-order valence-corrected chi connectivity index (χ2v) is 7.76. The van der Waals surface area contributed by atoms with Gasteiger partial charge in [0.2, 0.25) is 18.3 Å². The second-order valence-electron chi connectivity index (χ2n) is 7.76. The van der Waals surface area contributed by atoms with E-state index in [2.05, 4.69) is 15.3 Å². The number of amides is 2. The average Bonchev–Trinajstić information content (AvgIpc) is 3.16. The number of carbonyl (C=O) groups excluding carboxylic acids is 2. The molecular weight excluding hydrogens is 403 g/mol. The van der Waals surface area contributed by atoms with Crippen LogP contribution in [-0.4, -0.2) is 79.3 Å². The number of ether oxygens (including phenoxy) is 1. The summed E-state index contributed by atoms with van der Waals surface area (Å²) < 4.78 is 43.5. The molecule has 1 N–H and O–H groups in total. The molecule has 11 heteroatoms. The van der Waals surface area contributed by atoms with Crippen molar-refractivity contribution in [1.82, 2.24) is 20.2 Å². The zero-order valence-electron chi connectivity index (χ0n) is 16.8. The van der Waals surface area contributed by atoms with Crippen LogP contribution in [0, 0.1) is 5.92 Å². The van der Waals surface area contributed by atoms with Crippen LogP contribution < -0.4 is 10.2 Å². The molecule has 0 spiro atoms. The van der Waals surface area contributed by atoms with Crippen LogP contribution in [-0.2, 0) is 14.3 Å². The molecule has 0 radical (unpaired) electrons. The zero-order chi connectivity index (χ0) is 21.7. The molecule has 2 aliphatic heterocycles. The Bertz CT molecular complexity index is 725. The highest BCUT2D eigenvalue weighted by Gasteiger charge is 2.44. The van der Waals surface area contributed by atoms with Crippen LogP contribution in [0.4, 0.5) is 19.1 Å². The number of nitrogens with one attached hydrogen (secondary N) is 1. The van der Waals surface area contributed by atoms with Crippen molar-refractivity contribution in [3.8, 4) is 0 Å². The molecule has 1 aromatic rings. The minimum absolute atomic E-state index is 0.00727. The second kappa shape index (κ2) is 9.59. The highest BCUT2D eigenvalue weighted by atomic mass is 19.4. The van der Waals surface area contributed by atoms with Crippen LogP contribution in [0.2, 0.25) is 0 Å². The first-order chi connectivity index (χ1) is 14.3. The molecule has 3 heterocycles. The average molecular weight is 429 g/mol. The maximum absolute atomic E-state index is 12.8. The fraction of sp³-hybridized carbons (Fsp3) is 0.684. The minimum atomic E-state index is -4.19. The Balaban J connectivity index is 1.44. The van der Waals surface area contributed by atoms with Crippen molar-refractivity contribution in [1.29, 1.82) is 0 Å². The van der Waals surface area contributed by atoms with Gasteiger partial charge in [-0.05, 0) is 18.4 Å². The van der Waals surface area contributed by atoms with E-state index in [0.29, 0.717) is 44.9 Å². The Labute approximate surface area is 172 Å². The summed E-state index contributed by atoms with van der Waals surface area (Å²) in [4.78, 5) is 34.6. The van der Waals surface area contributed by atoms with Gasteiger partial charge >= 0.3 is 6.18 Å². The summed E-state index contributed by atoms with van der Waals surface area (Å²) >= 11 is 0. The first kappa shape index (κ1) is 22.3. The Morgan fingerprint density at radius 3 is 2.60 bits per heavy atom. The molecule has 0 aromatic carbocycles. The molecule has 8 nitrogen and oxygen atoms in total. The van der Waals surface area contributed by atoms with Gasteiger partial charge < -0.3 is 19.9 Å². The molecule has 0 saturated carbocycles. The Hall–Kier alpha value is -2.43. The summed E-state index contributed by atoms with van der Waals surface area (Å²) in [6, 6.07) is -0.197. The predicted molar refractivity (Wildman–Crippen MR) is 102 cm³/mol. The summed E-state index contributed by atoms with van der Waals surface area (Å²) in [6.45, 7) is 1.63. The lowest BCUT2D eigenvalue weighted by molar-refractivity contribution is -0.168. The van der Waals surface area contributed by atoms with E-state index in [-0.39, 0.29) is 37.4 Å². The summed E-state index contributed by atoms with van der Waals surface area (Å²) in [6.07, 6.45) is 0.552. The number of rotatable bonds is 9. The van der Waals surface area contributed by atoms with E-state index in [4.69, 9.17) is 4.74 Å². The third-order valence-electron chi connectivity index (χ3n) is 5.68. The number of carbonyl (C=O) groups is 2. The number of hydrogen-bond donors (Lipinski definition) is 1. The van der Waals surface area contributed by atoms with Crippen molar-refractivity contribution < 1.29 is 27.5 Å². The van der Waals surface area contributed by atoms with Crippen molar-refractivity contribution in [2.24, 2.45) is 5.92 Å². The molecule has 3 rings (SSSR count). The smallest absolute Gasteiger partial charge is 0.383 e. The van der Waals surface area contributed by atoms with E-state index in [1.54, 1.807) is 22.2 Å². The lowest BCUT2D eigenvalue weighted by Crippen LogP contribution is -2.49. The first-order valence-electron chi connectivity index (χ1n) is 9.91. The number of aromatic nitrogens is 2. The number of hydrogen-bond acceptors (Lipinski definition) is 6. The van der Waals surface area contributed by atoms with E-state index < -0.39 is 12.1 Å². The van der Waals surface area contributed by atoms with Crippen molar-refractivity contribution in [3.05, 3.63) is 18.0 Å².